The maximum Gasteiger partial charge on any atom is 0.0113 e. The highest BCUT2D eigenvalue weighted by molar-refractivity contribution is 7.99. The molecule has 2 heterocycles. The molecule has 17 heavy (non-hydrogen) atoms. The SMILES string of the molecule is C=CCSCCN1C2CCCC1CC(NC)C2. The van der Waals surface area contributed by atoms with Crippen molar-refractivity contribution in [2.45, 2.75) is 50.2 Å². The van der Waals surface area contributed by atoms with Crippen molar-refractivity contribution >= 4 is 11.8 Å². The van der Waals surface area contributed by atoms with E-state index >= 15 is 0 Å². The van der Waals surface area contributed by atoms with Crippen LogP contribution in [0.25, 0.3) is 0 Å². The van der Waals surface area contributed by atoms with Crippen LogP contribution >= 0.6 is 11.8 Å². The number of nitrogens with one attached hydrogen (secondary N) is 1. The highest BCUT2D eigenvalue weighted by Gasteiger charge is 2.37. The van der Waals surface area contributed by atoms with Crippen molar-refractivity contribution in [3.63, 3.8) is 0 Å². The number of thioether (sulfide) groups is 1. The zero-order valence-electron chi connectivity index (χ0n) is 11.0. The van der Waals surface area contributed by atoms with Crippen molar-refractivity contribution in [2.24, 2.45) is 0 Å². The number of nitrogens with zero attached hydrogens (tertiary/aromatic N) is 1. The van der Waals surface area contributed by atoms with Crippen LogP contribution in [0, 0.1) is 0 Å². The molecule has 1 N–H and O–H groups in total. The van der Waals surface area contributed by atoms with Gasteiger partial charge in [0.25, 0.3) is 0 Å². The Bertz CT molecular complexity index is 230. The van der Waals surface area contributed by atoms with Gasteiger partial charge in [-0.1, -0.05) is 12.5 Å². The van der Waals surface area contributed by atoms with Crippen LogP contribution in [-0.2, 0) is 0 Å². The van der Waals surface area contributed by atoms with Gasteiger partial charge in [-0.3, -0.25) is 4.90 Å². The lowest BCUT2D eigenvalue weighted by atomic mass is 9.82. The van der Waals surface area contributed by atoms with Crippen LogP contribution in [0.4, 0.5) is 0 Å². The Hall–Kier alpha value is 0.01000. The van der Waals surface area contributed by atoms with Crippen LogP contribution in [0.5, 0.6) is 0 Å². The molecular formula is C14H26N2S. The van der Waals surface area contributed by atoms with Gasteiger partial charge in [0.15, 0.2) is 0 Å². The Balaban J connectivity index is 1.82. The Morgan fingerprint density at radius 3 is 2.65 bits per heavy atom. The zero-order chi connectivity index (χ0) is 12.1. The predicted octanol–water partition coefficient (Wildman–Crippen LogP) is 2.51. The van der Waals surface area contributed by atoms with Crippen LogP contribution in [-0.4, -0.2) is 48.1 Å². The molecule has 0 aromatic carbocycles. The van der Waals surface area contributed by atoms with E-state index < -0.39 is 0 Å². The molecule has 2 saturated heterocycles. The van der Waals surface area contributed by atoms with Gasteiger partial charge in [-0.15, -0.1) is 6.58 Å². The summed E-state index contributed by atoms with van der Waals surface area (Å²) < 4.78 is 0. The van der Waals surface area contributed by atoms with Crippen LogP contribution in [0.3, 0.4) is 0 Å². The average molecular weight is 254 g/mol. The molecule has 0 spiro atoms. The van der Waals surface area contributed by atoms with E-state index in [2.05, 4.69) is 23.8 Å². The lowest BCUT2D eigenvalue weighted by molar-refractivity contribution is 0.0318. The van der Waals surface area contributed by atoms with Crippen LogP contribution in [0.15, 0.2) is 12.7 Å². The first-order valence-electron chi connectivity index (χ1n) is 6.96. The Morgan fingerprint density at radius 2 is 2.06 bits per heavy atom. The van der Waals surface area contributed by atoms with Gasteiger partial charge in [-0.2, -0.15) is 11.8 Å². The summed E-state index contributed by atoms with van der Waals surface area (Å²) in [5.74, 6) is 2.37. The first-order valence-corrected chi connectivity index (χ1v) is 8.12. The monoisotopic (exact) mass is 254 g/mol. The number of hydrogen-bond acceptors (Lipinski definition) is 3. The molecule has 0 aromatic heterocycles. The van der Waals surface area contributed by atoms with Gasteiger partial charge in [0.05, 0.1) is 0 Å². The lowest BCUT2D eigenvalue weighted by Gasteiger charge is -2.49. The van der Waals surface area contributed by atoms with Gasteiger partial charge in [0, 0.05) is 36.2 Å². The van der Waals surface area contributed by atoms with E-state index in [9.17, 15) is 0 Å². The lowest BCUT2D eigenvalue weighted by Crippen LogP contribution is -2.56. The van der Waals surface area contributed by atoms with Gasteiger partial charge >= 0.3 is 0 Å². The van der Waals surface area contributed by atoms with Crippen molar-refractivity contribution in [3.05, 3.63) is 12.7 Å². The highest BCUT2D eigenvalue weighted by Crippen LogP contribution is 2.33. The topological polar surface area (TPSA) is 15.3 Å². The third-order valence-corrected chi connectivity index (χ3v) is 5.21. The van der Waals surface area contributed by atoms with E-state index in [-0.39, 0.29) is 0 Å². The zero-order valence-corrected chi connectivity index (χ0v) is 11.8. The molecular weight excluding hydrogens is 228 g/mol. The fraction of sp³-hybridized carbons (Fsp3) is 0.857. The maximum atomic E-state index is 3.78. The maximum absolute atomic E-state index is 3.78. The molecule has 0 amide bonds. The van der Waals surface area contributed by atoms with E-state index in [0.717, 1.165) is 23.9 Å². The predicted molar refractivity (Wildman–Crippen MR) is 77.7 cm³/mol. The molecule has 2 unspecified atom stereocenters. The standard InChI is InChI=1S/C14H26N2S/c1-3-8-17-9-7-16-13-5-4-6-14(16)11-12(10-13)15-2/h3,12-15H,1,4-11H2,2H3. The number of rotatable bonds is 6. The Kier molecular flexibility index (Phi) is 5.39. The van der Waals surface area contributed by atoms with Crippen LogP contribution < -0.4 is 5.32 Å². The molecule has 2 rings (SSSR count). The number of fused-ring (bicyclic) bond motifs is 2. The fourth-order valence-corrected chi connectivity index (χ4v) is 4.09. The van der Waals surface area contributed by atoms with E-state index in [1.807, 2.05) is 17.8 Å². The van der Waals surface area contributed by atoms with E-state index in [4.69, 9.17) is 0 Å². The molecule has 2 aliphatic rings. The second-order valence-corrected chi connectivity index (χ2v) is 6.45. The summed E-state index contributed by atoms with van der Waals surface area (Å²) >= 11 is 2.02. The molecule has 98 valence electrons. The average Bonchev–Trinajstić information content (AvgIpc) is 2.34. The van der Waals surface area contributed by atoms with E-state index in [1.54, 1.807) is 0 Å². The third-order valence-electron chi connectivity index (χ3n) is 4.26. The van der Waals surface area contributed by atoms with Gasteiger partial charge in [-0.05, 0) is 32.7 Å². The van der Waals surface area contributed by atoms with Gasteiger partial charge in [-0.25, -0.2) is 0 Å². The first kappa shape index (κ1) is 13.4. The molecule has 0 aliphatic carbocycles. The van der Waals surface area contributed by atoms with E-state index in [0.29, 0.717) is 0 Å². The fourth-order valence-electron chi connectivity index (χ4n) is 3.42. The minimum atomic E-state index is 0.766. The number of hydrogen-bond donors (Lipinski definition) is 1. The smallest absolute Gasteiger partial charge is 0.0113 e. The van der Waals surface area contributed by atoms with E-state index in [1.165, 1.54) is 44.4 Å². The molecule has 0 radical (unpaired) electrons. The second kappa shape index (κ2) is 6.81. The van der Waals surface area contributed by atoms with Crippen molar-refractivity contribution < 1.29 is 0 Å². The molecule has 2 atom stereocenters. The minimum Gasteiger partial charge on any atom is -0.317 e. The normalized spacial score (nSPS) is 33.6. The van der Waals surface area contributed by atoms with Crippen LogP contribution in [0.2, 0.25) is 0 Å². The molecule has 2 aliphatic heterocycles. The summed E-state index contributed by atoms with van der Waals surface area (Å²) in [4.78, 5) is 2.80. The highest BCUT2D eigenvalue weighted by atomic mass is 32.2. The molecule has 0 saturated carbocycles. The molecule has 3 heteroatoms. The minimum absolute atomic E-state index is 0.766. The summed E-state index contributed by atoms with van der Waals surface area (Å²) in [6.45, 7) is 5.06. The van der Waals surface area contributed by atoms with Gasteiger partial charge in [0.1, 0.15) is 0 Å². The van der Waals surface area contributed by atoms with Crippen molar-refractivity contribution in [1.29, 1.82) is 0 Å². The number of piperidine rings is 2. The van der Waals surface area contributed by atoms with Crippen molar-refractivity contribution in [3.8, 4) is 0 Å². The molecule has 0 aromatic rings. The van der Waals surface area contributed by atoms with Gasteiger partial charge < -0.3 is 5.32 Å². The third kappa shape index (κ3) is 3.49. The summed E-state index contributed by atoms with van der Waals surface area (Å²) in [5, 5.41) is 3.48. The summed E-state index contributed by atoms with van der Waals surface area (Å²) in [5.41, 5.74) is 0. The quantitative estimate of drug-likeness (QED) is 0.579. The molecule has 2 fully saturated rings. The van der Waals surface area contributed by atoms with Crippen molar-refractivity contribution in [2.75, 3.05) is 25.1 Å². The largest absolute Gasteiger partial charge is 0.317 e. The molecule has 2 bridgehead atoms. The summed E-state index contributed by atoms with van der Waals surface area (Å²) in [7, 11) is 2.12. The second-order valence-electron chi connectivity index (χ2n) is 5.30. The summed E-state index contributed by atoms with van der Waals surface area (Å²) in [6.07, 6.45) is 9.01. The Morgan fingerprint density at radius 1 is 1.35 bits per heavy atom. The first-order chi connectivity index (χ1) is 8.35. The van der Waals surface area contributed by atoms with Crippen molar-refractivity contribution in [1.82, 2.24) is 10.2 Å². The van der Waals surface area contributed by atoms with Crippen LogP contribution in [0.1, 0.15) is 32.1 Å². The summed E-state index contributed by atoms with van der Waals surface area (Å²) in [6, 6.07) is 2.47. The molecule has 2 nitrogen and oxygen atoms in total. The Labute approximate surface area is 110 Å². The van der Waals surface area contributed by atoms with Gasteiger partial charge in [0.2, 0.25) is 0 Å².